The molecule has 0 heterocycles. The Kier molecular flexibility index (Phi) is 6.38. The monoisotopic (exact) mass is 172 g/mol. The Balaban J connectivity index is 3.21. The lowest BCUT2D eigenvalue weighted by Gasteiger charge is -2.03. The van der Waals surface area contributed by atoms with E-state index in [1.54, 1.807) is 0 Å². The molecule has 0 aliphatic carbocycles. The van der Waals surface area contributed by atoms with Gasteiger partial charge in [0.25, 0.3) is 0 Å². The lowest BCUT2D eigenvalue weighted by molar-refractivity contribution is -0.140. The van der Waals surface area contributed by atoms with Gasteiger partial charge >= 0.3 is 5.97 Å². The van der Waals surface area contributed by atoms with Crippen LogP contribution in [0, 0.1) is 0 Å². The highest BCUT2D eigenvalue weighted by Crippen LogP contribution is 2.04. The van der Waals surface area contributed by atoms with E-state index in [1.807, 2.05) is 0 Å². The number of aliphatic hydroxyl groups excluding tert-OH is 1. The molecule has 0 spiro atoms. The molecule has 0 rings (SSSR count). The third kappa shape index (κ3) is 5.92. The van der Waals surface area contributed by atoms with Crippen LogP contribution in [0.3, 0.4) is 0 Å². The van der Waals surface area contributed by atoms with Crippen molar-refractivity contribution < 1.29 is 14.6 Å². The van der Waals surface area contributed by atoms with Gasteiger partial charge in [-0.3, -0.25) is 4.79 Å². The van der Waals surface area contributed by atoms with E-state index < -0.39 is 6.10 Å². The molecule has 1 unspecified atom stereocenters. The zero-order valence-corrected chi connectivity index (χ0v) is 7.45. The van der Waals surface area contributed by atoms with Crippen LogP contribution in [0.2, 0.25) is 0 Å². The van der Waals surface area contributed by atoms with Gasteiger partial charge in [0.05, 0.1) is 13.2 Å². The molecule has 0 aliphatic heterocycles. The molecule has 70 valence electrons. The van der Waals surface area contributed by atoms with Crippen molar-refractivity contribution >= 4 is 5.97 Å². The molecule has 1 N–H and O–H groups in total. The third-order valence-corrected chi connectivity index (χ3v) is 1.63. The summed E-state index contributed by atoms with van der Waals surface area (Å²) >= 11 is 0. The van der Waals surface area contributed by atoms with Crippen LogP contribution in [-0.4, -0.2) is 24.3 Å². The number of esters is 1. The van der Waals surface area contributed by atoms with Crippen LogP contribution >= 0.6 is 0 Å². The van der Waals surface area contributed by atoms with Crippen molar-refractivity contribution in [3.05, 3.63) is 12.7 Å². The molecular formula is C9H16O3. The second-order valence-electron chi connectivity index (χ2n) is 2.62. The topological polar surface area (TPSA) is 46.5 Å². The Morgan fingerprint density at radius 2 is 2.33 bits per heavy atom. The Morgan fingerprint density at radius 3 is 2.83 bits per heavy atom. The average molecular weight is 172 g/mol. The summed E-state index contributed by atoms with van der Waals surface area (Å²) in [6, 6.07) is 0. The standard InChI is InChI=1S/C9H16O3/c1-3-8(10)6-4-5-7-9(11)12-2/h3,8,10H,1,4-7H2,2H3. The zero-order chi connectivity index (χ0) is 9.40. The summed E-state index contributed by atoms with van der Waals surface area (Å²) in [5, 5.41) is 9.05. The first-order chi connectivity index (χ1) is 5.70. The van der Waals surface area contributed by atoms with Crippen LogP contribution in [0.4, 0.5) is 0 Å². The predicted octanol–water partition coefficient (Wildman–Crippen LogP) is 1.27. The van der Waals surface area contributed by atoms with Crippen molar-refractivity contribution in [1.82, 2.24) is 0 Å². The fourth-order valence-electron chi connectivity index (χ4n) is 0.843. The number of hydrogen-bond donors (Lipinski definition) is 1. The minimum Gasteiger partial charge on any atom is -0.469 e. The highest BCUT2D eigenvalue weighted by atomic mass is 16.5. The second kappa shape index (κ2) is 6.85. The molecular weight excluding hydrogens is 156 g/mol. The highest BCUT2D eigenvalue weighted by Gasteiger charge is 2.01. The largest absolute Gasteiger partial charge is 0.469 e. The SMILES string of the molecule is C=CC(O)CCCCC(=O)OC. The molecule has 0 saturated carbocycles. The molecule has 12 heavy (non-hydrogen) atoms. The first-order valence-electron chi connectivity index (χ1n) is 4.08. The summed E-state index contributed by atoms with van der Waals surface area (Å²) < 4.78 is 4.46. The molecule has 0 bridgehead atoms. The van der Waals surface area contributed by atoms with Crippen molar-refractivity contribution in [3.8, 4) is 0 Å². The minimum atomic E-state index is -0.442. The number of ether oxygens (including phenoxy) is 1. The summed E-state index contributed by atoms with van der Waals surface area (Å²) in [6.45, 7) is 3.45. The molecule has 0 aromatic heterocycles. The smallest absolute Gasteiger partial charge is 0.305 e. The summed E-state index contributed by atoms with van der Waals surface area (Å²) in [4.78, 5) is 10.6. The van der Waals surface area contributed by atoms with E-state index in [-0.39, 0.29) is 5.97 Å². The second-order valence-corrected chi connectivity index (χ2v) is 2.62. The van der Waals surface area contributed by atoms with Gasteiger partial charge in [-0.15, -0.1) is 6.58 Å². The van der Waals surface area contributed by atoms with Crippen molar-refractivity contribution in [3.63, 3.8) is 0 Å². The summed E-state index contributed by atoms with van der Waals surface area (Å²) in [6.07, 6.45) is 3.74. The Labute approximate surface area is 73.0 Å². The molecule has 0 aromatic carbocycles. The third-order valence-electron chi connectivity index (χ3n) is 1.63. The summed E-state index contributed by atoms with van der Waals surface area (Å²) in [5.41, 5.74) is 0. The number of carbonyl (C=O) groups is 1. The number of carbonyl (C=O) groups excluding carboxylic acids is 1. The van der Waals surface area contributed by atoms with E-state index in [0.29, 0.717) is 12.8 Å². The minimum absolute atomic E-state index is 0.192. The molecule has 0 aromatic rings. The molecule has 0 radical (unpaired) electrons. The van der Waals surface area contributed by atoms with Crippen molar-refractivity contribution in [2.24, 2.45) is 0 Å². The maximum atomic E-state index is 10.6. The van der Waals surface area contributed by atoms with Crippen LogP contribution in [-0.2, 0) is 9.53 Å². The Hall–Kier alpha value is -0.830. The van der Waals surface area contributed by atoms with E-state index in [0.717, 1.165) is 12.8 Å². The van der Waals surface area contributed by atoms with Gasteiger partial charge in [-0.2, -0.15) is 0 Å². The van der Waals surface area contributed by atoms with Crippen LogP contribution < -0.4 is 0 Å². The van der Waals surface area contributed by atoms with Crippen LogP contribution in [0.25, 0.3) is 0 Å². The maximum absolute atomic E-state index is 10.6. The predicted molar refractivity (Wildman–Crippen MR) is 46.7 cm³/mol. The van der Waals surface area contributed by atoms with Crippen LogP contribution in [0.15, 0.2) is 12.7 Å². The molecule has 3 nitrogen and oxygen atoms in total. The number of hydrogen-bond acceptors (Lipinski definition) is 3. The fraction of sp³-hybridized carbons (Fsp3) is 0.667. The molecule has 0 saturated heterocycles. The number of rotatable bonds is 6. The number of aliphatic hydroxyl groups is 1. The zero-order valence-electron chi connectivity index (χ0n) is 7.45. The van der Waals surface area contributed by atoms with Crippen LogP contribution in [0.1, 0.15) is 25.7 Å². The average Bonchev–Trinajstić information content (AvgIpc) is 2.11. The van der Waals surface area contributed by atoms with Gasteiger partial charge < -0.3 is 9.84 Å². The first kappa shape index (κ1) is 11.2. The maximum Gasteiger partial charge on any atom is 0.305 e. The van der Waals surface area contributed by atoms with Crippen molar-refractivity contribution in [2.75, 3.05) is 7.11 Å². The number of unbranched alkanes of at least 4 members (excludes halogenated alkanes) is 1. The van der Waals surface area contributed by atoms with Gasteiger partial charge in [-0.25, -0.2) is 0 Å². The van der Waals surface area contributed by atoms with Gasteiger partial charge in [0.1, 0.15) is 0 Å². The molecule has 0 fully saturated rings. The van der Waals surface area contributed by atoms with Gasteiger partial charge in [-0.05, 0) is 19.3 Å². The summed E-state index contributed by atoms with van der Waals surface area (Å²) in [5.74, 6) is -0.192. The van der Waals surface area contributed by atoms with Crippen molar-refractivity contribution in [1.29, 1.82) is 0 Å². The van der Waals surface area contributed by atoms with E-state index in [2.05, 4.69) is 11.3 Å². The Morgan fingerprint density at radius 1 is 1.67 bits per heavy atom. The van der Waals surface area contributed by atoms with Gasteiger partial charge in [0, 0.05) is 6.42 Å². The van der Waals surface area contributed by atoms with Gasteiger partial charge in [-0.1, -0.05) is 6.08 Å². The van der Waals surface area contributed by atoms with E-state index in [9.17, 15) is 4.79 Å². The van der Waals surface area contributed by atoms with E-state index >= 15 is 0 Å². The van der Waals surface area contributed by atoms with Crippen LogP contribution in [0.5, 0.6) is 0 Å². The highest BCUT2D eigenvalue weighted by molar-refractivity contribution is 5.68. The lowest BCUT2D eigenvalue weighted by Crippen LogP contribution is -2.03. The molecule has 0 amide bonds. The van der Waals surface area contributed by atoms with E-state index in [4.69, 9.17) is 5.11 Å². The molecule has 3 heteroatoms. The van der Waals surface area contributed by atoms with Gasteiger partial charge in [0.15, 0.2) is 0 Å². The summed E-state index contributed by atoms with van der Waals surface area (Å²) in [7, 11) is 1.38. The van der Waals surface area contributed by atoms with E-state index in [1.165, 1.54) is 13.2 Å². The Bertz CT molecular complexity index is 143. The molecule has 1 atom stereocenters. The van der Waals surface area contributed by atoms with Crippen molar-refractivity contribution in [2.45, 2.75) is 31.8 Å². The number of methoxy groups -OCH3 is 1. The molecule has 0 aliphatic rings. The normalized spacial score (nSPS) is 12.2. The van der Waals surface area contributed by atoms with Gasteiger partial charge in [0.2, 0.25) is 0 Å². The first-order valence-corrected chi connectivity index (χ1v) is 4.08. The lowest BCUT2D eigenvalue weighted by atomic mass is 10.1. The fourth-order valence-corrected chi connectivity index (χ4v) is 0.843. The quantitative estimate of drug-likeness (QED) is 0.373.